The van der Waals surface area contributed by atoms with Crippen LogP contribution in [-0.2, 0) is 21.4 Å². The van der Waals surface area contributed by atoms with Crippen LogP contribution in [0.3, 0.4) is 0 Å². The zero-order chi connectivity index (χ0) is 29.3. The van der Waals surface area contributed by atoms with Crippen molar-refractivity contribution in [1.29, 1.82) is 0 Å². The normalized spacial score (nSPS) is 15.1. The topological polar surface area (TPSA) is 97.6 Å². The van der Waals surface area contributed by atoms with E-state index < -0.39 is 15.8 Å². The van der Waals surface area contributed by atoms with E-state index in [2.05, 4.69) is 16.6 Å². The van der Waals surface area contributed by atoms with Gasteiger partial charge in [-0.25, -0.2) is 12.8 Å². The molecule has 9 heteroatoms. The number of amides is 1. The van der Waals surface area contributed by atoms with Crippen LogP contribution in [-0.4, -0.2) is 32.7 Å². The molecule has 0 unspecified atom stereocenters. The number of nitrogens with one attached hydrogen (secondary N) is 2. The Hall–Kier alpha value is -3.95. The van der Waals surface area contributed by atoms with E-state index in [9.17, 15) is 17.6 Å². The van der Waals surface area contributed by atoms with Crippen LogP contribution in [0.15, 0.2) is 83.3 Å². The molecule has 6 rings (SSSR count). The standard InChI is InChI=1S/C33H33FN2O5S/c1-21(19-40-20-22-5-3-2-4-6-22)15-16-42(38,39)36-29-18-30-28(17-27(29)23-7-8-23)31(33(37)35-26-13-14-26)32(41-30)24-9-11-25(34)12-10-24/h2-6,9-12,17-18,23,26,36H,1,7-8,13-16,19-20H2,(H,35,37). The van der Waals surface area contributed by atoms with Gasteiger partial charge in [0.25, 0.3) is 5.91 Å². The third-order valence-electron chi connectivity index (χ3n) is 7.53. The molecular weight excluding hydrogens is 555 g/mol. The first-order valence-electron chi connectivity index (χ1n) is 14.2. The Balaban J connectivity index is 1.22. The second-order valence-corrected chi connectivity index (χ2v) is 13.0. The van der Waals surface area contributed by atoms with E-state index in [1.165, 1.54) is 12.1 Å². The summed E-state index contributed by atoms with van der Waals surface area (Å²) in [5.41, 5.74) is 4.35. The molecule has 7 nitrogen and oxygen atoms in total. The number of anilines is 1. The zero-order valence-corrected chi connectivity index (χ0v) is 24.0. The molecule has 1 amide bonds. The number of rotatable bonds is 13. The lowest BCUT2D eigenvalue weighted by Crippen LogP contribution is -2.25. The van der Waals surface area contributed by atoms with Gasteiger partial charge < -0.3 is 14.5 Å². The summed E-state index contributed by atoms with van der Waals surface area (Å²) < 4.78 is 54.7. The molecule has 0 saturated heterocycles. The van der Waals surface area contributed by atoms with Crippen molar-refractivity contribution in [2.45, 2.75) is 50.7 Å². The SMILES string of the molecule is C=C(CCS(=O)(=O)Nc1cc2oc(-c3ccc(F)cc3)c(C(=O)NC3CC3)c2cc1C1CC1)COCc1ccccc1. The van der Waals surface area contributed by atoms with E-state index in [1.54, 1.807) is 18.2 Å². The second-order valence-electron chi connectivity index (χ2n) is 11.2. The van der Waals surface area contributed by atoms with Crippen LogP contribution in [0.25, 0.3) is 22.3 Å². The number of halogens is 1. The van der Waals surface area contributed by atoms with E-state index in [-0.39, 0.29) is 36.6 Å². The van der Waals surface area contributed by atoms with Gasteiger partial charge in [-0.15, -0.1) is 0 Å². The largest absolute Gasteiger partial charge is 0.455 e. The minimum absolute atomic E-state index is 0.135. The van der Waals surface area contributed by atoms with E-state index in [4.69, 9.17) is 9.15 Å². The molecular formula is C33H33FN2O5S. The number of carbonyl (C=O) groups is 1. The maximum absolute atomic E-state index is 13.7. The summed E-state index contributed by atoms with van der Waals surface area (Å²) in [4.78, 5) is 13.4. The molecule has 0 atom stereocenters. The van der Waals surface area contributed by atoms with Gasteiger partial charge in [0.05, 0.1) is 30.2 Å². The highest BCUT2D eigenvalue weighted by molar-refractivity contribution is 7.92. The fraction of sp³-hybridized carbons (Fsp3) is 0.303. The molecule has 218 valence electrons. The lowest BCUT2D eigenvalue weighted by molar-refractivity contribution is 0.0952. The van der Waals surface area contributed by atoms with Crippen molar-refractivity contribution in [3.63, 3.8) is 0 Å². The van der Waals surface area contributed by atoms with Crippen molar-refractivity contribution >= 4 is 32.6 Å². The number of carbonyl (C=O) groups excluding carboxylic acids is 1. The molecule has 0 bridgehead atoms. The zero-order valence-electron chi connectivity index (χ0n) is 23.2. The van der Waals surface area contributed by atoms with Crippen molar-refractivity contribution in [1.82, 2.24) is 5.32 Å². The van der Waals surface area contributed by atoms with Crippen LogP contribution in [0.2, 0.25) is 0 Å². The third kappa shape index (κ3) is 6.74. The second kappa shape index (κ2) is 11.7. The lowest BCUT2D eigenvalue weighted by Gasteiger charge is -2.14. The Morgan fingerprint density at radius 3 is 2.45 bits per heavy atom. The van der Waals surface area contributed by atoms with Crippen LogP contribution in [0.1, 0.15) is 59.5 Å². The maximum Gasteiger partial charge on any atom is 0.256 e. The summed E-state index contributed by atoms with van der Waals surface area (Å²) in [5, 5.41) is 3.65. The predicted octanol–water partition coefficient (Wildman–Crippen LogP) is 6.91. The molecule has 2 fully saturated rings. The number of hydrogen-bond acceptors (Lipinski definition) is 5. The molecule has 1 aromatic heterocycles. The average molecular weight is 589 g/mol. The molecule has 0 aliphatic heterocycles. The van der Waals surface area contributed by atoms with Crippen LogP contribution < -0.4 is 10.0 Å². The first-order valence-corrected chi connectivity index (χ1v) is 15.9. The predicted molar refractivity (Wildman–Crippen MR) is 161 cm³/mol. The Kier molecular flexibility index (Phi) is 7.88. The molecule has 3 aromatic carbocycles. The molecule has 2 aliphatic carbocycles. The maximum atomic E-state index is 13.7. The molecule has 2 aliphatic rings. The van der Waals surface area contributed by atoms with Crippen LogP contribution in [0.5, 0.6) is 0 Å². The lowest BCUT2D eigenvalue weighted by atomic mass is 10.0. The van der Waals surface area contributed by atoms with Gasteiger partial charge in [0.15, 0.2) is 0 Å². The van der Waals surface area contributed by atoms with E-state index in [0.717, 1.165) is 36.8 Å². The number of ether oxygens (including phenoxy) is 1. The highest BCUT2D eigenvalue weighted by atomic mass is 32.2. The molecule has 2 saturated carbocycles. The fourth-order valence-electron chi connectivity index (χ4n) is 4.95. The minimum atomic E-state index is -3.72. The molecule has 42 heavy (non-hydrogen) atoms. The van der Waals surface area contributed by atoms with E-state index >= 15 is 0 Å². The monoisotopic (exact) mass is 588 g/mol. The first kappa shape index (κ1) is 28.2. The number of furan rings is 1. The van der Waals surface area contributed by atoms with E-state index in [1.807, 2.05) is 36.4 Å². The summed E-state index contributed by atoms with van der Waals surface area (Å²) in [7, 11) is -3.72. The van der Waals surface area contributed by atoms with Crippen molar-refractivity contribution < 1.29 is 26.8 Å². The summed E-state index contributed by atoms with van der Waals surface area (Å²) in [5.74, 6) is -0.263. The van der Waals surface area contributed by atoms with Crippen molar-refractivity contribution in [3.8, 4) is 11.3 Å². The van der Waals surface area contributed by atoms with Gasteiger partial charge in [-0.05, 0) is 79.5 Å². The Morgan fingerprint density at radius 2 is 1.76 bits per heavy atom. The quantitative estimate of drug-likeness (QED) is 0.165. The summed E-state index contributed by atoms with van der Waals surface area (Å²) in [6.45, 7) is 4.69. The molecule has 0 radical (unpaired) electrons. The summed E-state index contributed by atoms with van der Waals surface area (Å²) in [6.07, 6.45) is 3.98. The minimum Gasteiger partial charge on any atom is -0.455 e. The van der Waals surface area contributed by atoms with Gasteiger partial charge in [0, 0.05) is 23.1 Å². The highest BCUT2D eigenvalue weighted by Crippen LogP contribution is 2.47. The molecule has 2 N–H and O–H groups in total. The molecule has 1 heterocycles. The summed E-state index contributed by atoms with van der Waals surface area (Å²) in [6, 6.07) is 19.2. The van der Waals surface area contributed by atoms with Crippen LogP contribution in [0, 0.1) is 5.82 Å². The third-order valence-corrected chi connectivity index (χ3v) is 8.80. The number of sulfonamides is 1. The number of fused-ring (bicyclic) bond motifs is 1. The highest BCUT2D eigenvalue weighted by Gasteiger charge is 2.32. The van der Waals surface area contributed by atoms with Crippen LogP contribution in [0.4, 0.5) is 10.1 Å². The van der Waals surface area contributed by atoms with Gasteiger partial charge in [-0.3, -0.25) is 9.52 Å². The number of hydrogen-bond donors (Lipinski definition) is 2. The Labute approximate surface area is 244 Å². The van der Waals surface area contributed by atoms with Crippen molar-refractivity contribution in [2.24, 2.45) is 0 Å². The number of benzene rings is 3. The van der Waals surface area contributed by atoms with Crippen molar-refractivity contribution in [3.05, 3.63) is 101 Å². The Morgan fingerprint density at radius 1 is 1.02 bits per heavy atom. The van der Waals surface area contributed by atoms with E-state index in [0.29, 0.717) is 45.7 Å². The van der Waals surface area contributed by atoms with Gasteiger partial charge in [0.2, 0.25) is 10.0 Å². The van der Waals surface area contributed by atoms with Crippen LogP contribution >= 0.6 is 0 Å². The van der Waals surface area contributed by atoms with Gasteiger partial charge in [0.1, 0.15) is 17.2 Å². The molecule has 4 aromatic rings. The van der Waals surface area contributed by atoms with Gasteiger partial charge in [-0.1, -0.05) is 42.5 Å². The molecule has 0 spiro atoms. The average Bonchev–Trinajstić information content (AvgIpc) is 3.91. The Bertz CT molecular complexity index is 1720. The van der Waals surface area contributed by atoms with Gasteiger partial charge >= 0.3 is 0 Å². The summed E-state index contributed by atoms with van der Waals surface area (Å²) >= 11 is 0. The van der Waals surface area contributed by atoms with Gasteiger partial charge in [-0.2, -0.15) is 0 Å². The smallest absolute Gasteiger partial charge is 0.256 e. The fourth-order valence-corrected chi connectivity index (χ4v) is 6.12. The first-order chi connectivity index (χ1) is 20.3. The van der Waals surface area contributed by atoms with Crippen molar-refractivity contribution in [2.75, 3.05) is 17.1 Å².